The fraction of sp³-hybridized carbons (Fsp3) is 0.438. The zero-order valence-electron chi connectivity index (χ0n) is 21.9. The van der Waals surface area contributed by atoms with Gasteiger partial charge in [-0.15, -0.1) is 0 Å². The van der Waals surface area contributed by atoms with Crippen LogP contribution in [0.3, 0.4) is 0 Å². The zero-order valence-corrected chi connectivity index (χ0v) is 21.9. The Morgan fingerprint density at radius 3 is 2.53 bits per heavy atom. The molecule has 2 fully saturated rings. The number of hydrogen-bond donors (Lipinski definition) is 1. The van der Waals surface area contributed by atoms with Gasteiger partial charge in [-0.05, 0) is 60.4 Å². The molecule has 3 aromatic carbocycles. The Morgan fingerprint density at radius 2 is 1.74 bits per heavy atom. The first-order chi connectivity index (χ1) is 18.3. The van der Waals surface area contributed by atoms with E-state index in [1.807, 2.05) is 42.2 Å². The van der Waals surface area contributed by atoms with Crippen LogP contribution in [0.5, 0.6) is 5.75 Å². The minimum Gasteiger partial charge on any atom is -0.487 e. The van der Waals surface area contributed by atoms with E-state index in [0.717, 1.165) is 54.6 Å². The average molecular weight is 514 g/mol. The third-order valence-corrected chi connectivity index (χ3v) is 9.12. The van der Waals surface area contributed by atoms with Gasteiger partial charge in [0.1, 0.15) is 11.4 Å². The van der Waals surface area contributed by atoms with Gasteiger partial charge < -0.3 is 19.5 Å². The number of benzene rings is 3. The zero-order chi connectivity index (χ0) is 26.3. The van der Waals surface area contributed by atoms with E-state index in [9.17, 15) is 14.7 Å². The van der Waals surface area contributed by atoms with Crippen molar-refractivity contribution in [3.8, 4) is 5.75 Å². The first-order valence-corrected chi connectivity index (χ1v) is 13.7. The summed E-state index contributed by atoms with van der Waals surface area (Å²) >= 11 is 0. The van der Waals surface area contributed by atoms with Gasteiger partial charge in [0.05, 0.1) is 19.1 Å². The van der Waals surface area contributed by atoms with Crippen molar-refractivity contribution in [1.29, 1.82) is 0 Å². The Hall–Kier alpha value is -3.38. The van der Waals surface area contributed by atoms with Crippen LogP contribution in [-0.4, -0.2) is 47.2 Å². The van der Waals surface area contributed by atoms with Crippen LogP contribution in [0, 0.1) is 11.3 Å². The van der Waals surface area contributed by atoms with Crippen molar-refractivity contribution >= 4 is 22.6 Å². The smallest absolute Gasteiger partial charge is 0.303 e. The van der Waals surface area contributed by atoms with E-state index in [-0.39, 0.29) is 29.8 Å². The van der Waals surface area contributed by atoms with Gasteiger partial charge in [0, 0.05) is 31.0 Å². The predicted octanol–water partition coefficient (Wildman–Crippen LogP) is 5.78. The molecule has 1 spiro atoms. The van der Waals surface area contributed by atoms with Gasteiger partial charge in [0.15, 0.2) is 0 Å². The van der Waals surface area contributed by atoms with Crippen molar-refractivity contribution in [2.75, 3.05) is 19.7 Å². The fourth-order valence-corrected chi connectivity index (χ4v) is 6.80. The normalized spacial score (nSPS) is 25.9. The van der Waals surface area contributed by atoms with Gasteiger partial charge >= 0.3 is 5.97 Å². The molecule has 0 unspecified atom stereocenters. The molecule has 3 atom stereocenters. The number of hydrogen-bond acceptors (Lipinski definition) is 4. The summed E-state index contributed by atoms with van der Waals surface area (Å²) in [7, 11) is 0. The summed E-state index contributed by atoms with van der Waals surface area (Å²) in [5.74, 6) is 0.220. The molecule has 0 aliphatic carbocycles. The highest BCUT2D eigenvalue weighted by atomic mass is 16.5. The Kier molecular flexibility index (Phi) is 6.39. The summed E-state index contributed by atoms with van der Waals surface area (Å²) < 4.78 is 13.1. The van der Waals surface area contributed by atoms with Gasteiger partial charge in [0.2, 0.25) is 5.91 Å². The van der Waals surface area contributed by atoms with E-state index in [2.05, 4.69) is 36.4 Å². The largest absolute Gasteiger partial charge is 0.487 e. The average Bonchev–Trinajstić information content (AvgIpc) is 2.92. The van der Waals surface area contributed by atoms with Gasteiger partial charge in [-0.3, -0.25) is 9.59 Å². The Labute approximate surface area is 223 Å². The number of amides is 1. The third kappa shape index (κ3) is 4.66. The molecule has 3 aromatic rings. The number of aliphatic carboxylic acids is 1. The number of para-hydroxylation sites is 1. The number of carbonyl (C=O) groups excluding carboxylic acids is 1. The molecular weight excluding hydrogens is 478 g/mol. The number of likely N-dealkylation sites (tertiary alicyclic amines) is 1. The molecule has 198 valence electrons. The van der Waals surface area contributed by atoms with E-state index < -0.39 is 11.6 Å². The van der Waals surface area contributed by atoms with E-state index in [0.29, 0.717) is 19.4 Å². The molecule has 6 heteroatoms. The molecule has 1 amide bonds. The van der Waals surface area contributed by atoms with Crippen molar-refractivity contribution < 1.29 is 24.2 Å². The van der Waals surface area contributed by atoms with Crippen LogP contribution in [0.4, 0.5) is 0 Å². The molecule has 3 aliphatic heterocycles. The van der Waals surface area contributed by atoms with E-state index in [1.165, 1.54) is 5.39 Å². The fourth-order valence-electron chi connectivity index (χ4n) is 6.80. The van der Waals surface area contributed by atoms with Crippen LogP contribution in [0.25, 0.3) is 10.8 Å². The number of rotatable bonds is 5. The monoisotopic (exact) mass is 513 g/mol. The van der Waals surface area contributed by atoms with E-state index in [1.54, 1.807) is 0 Å². The Bertz CT molecular complexity index is 1360. The standard InChI is InChI=1S/C32H35NO5/c1-31(13-12-29(35)36)26-20-32(21-37-30(26)25-8-4-5-9-27(25)38-31)14-16-33(17-15-32)28(34)19-22-10-11-23-6-2-3-7-24(23)18-22/h2-11,18,26,30H,12-17,19-21H2,1H3,(H,35,36)/t26-,30+,31+/m1/s1. The van der Waals surface area contributed by atoms with Crippen molar-refractivity contribution in [3.63, 3.8) is 0 Å². The number of ether oxygens (including phenoxy) is 2. The molecular formula is C32H35NO5. The van der Waals surface area contributed by atoms with Crippen LogP contribution in [0.1, 0.15) is 56.3 Å². The lowest BCUT2D eigenvalue weighted by Crippen LogP contribution is -2.56. The van der Waals surface area contributed by atoms with Gasteiger partial charge in [-0.2, -0.15) is 0 Å². The lowest BCUT2D eigenvalue weighted by atomic mass is 9.63. The van der Waals surface area contributed by atoms with Gasteiger partial charge in [-0.1, -0.05) is 60.7 Å². The molecule has 6 rings (SSSR count). The highest BCUT2D eigenvalue weighted by Crippen LogP contribution is 2.56. The molecule has 0 aromatic heterocycles. The third-order valence-electron chi connectivity index (χ3n) is 9.12. The molecule has 0 saturated carbocycles. The highest BCUT2D eigenvalue weighted by Gasteiger charge is 2.54. The second-order valence-electron chi connectivity index (χ2n) is 11.6. The van der Waals surface area contributed by atoms with Crippen LogP contribution in [0.15, 0.2) is 66.7 Å². The SMILES string of the molecule is C[C@@]1(CCC(=O)O)Oc2ccccc2[C@@H]2OCC3(CCN(C(=O)Cc4ccc5ccccc5c4)CC3)C[C@H]21. The lowest BCUT2D eigenvalue weighted by Gasteiger charge is -2.55. The molecule has 1 N–H and O–H groups in total. The summed E-state index contributed by atoms with van der Waals surface area (Å²) in [4.78, 5) is 26.7. The molecule has 2 saturated heterocycles. The van der Waals surface area contributed by atoms with Crippen molar-refractivity contribution in [3.05, 3.63) is 77.9 Å². The number of piperidine rings is 1. The molecule has 38 heavy (non-hydrogen) atoms. The van der Waals surface area contributed by atoms with E-state index in [4.69, 9.17) is 9.47 Å². The van der Waals surface area contributed by atoms with Crippen LogP contribution in [-0.2, 0) is 20.7 Å². The van der Waals surface area contributed by atoms with Crippen LogP contribution >= 0.6 is 0 Å². The predicted molar refractivity (Wildman–Crippen MR) is 145 cm³/mol. The molecule has 0 radical (unpaired) electrons. The van der Waals surface area contributed by atoms with Gasteiger partial charge in [-0.25, -0.2) is 0 Å². The first kappa shape index (κ1) is 24.9. The summed E-state index contributed by atoms with van der Waals surface area (Å²) in [6.45, 7) is 4.14. The van der Waals surface area contributed by atoms with Crippen molar-refractivity contribution in [1.82, 2.24) is 4.90 Å². The quantitative estimate of drug-likeness (QED) is 0.468. The van der Waals surface area contributed by atoms with Gasteiger partial charge in [0.25, 0.3) is 0 Å². The maximum Gasteiger partial charge on any atom is 0.303 e. The van der Waals surface area contributed by atoms with Crippen molar-refractivity contribution in [2.24, 2.45) is 11.3 Å². The van der Waals surface area contributed by atoms with Crippen LogP contribution in [0.2, 0.25) is 0 Å². The maximum absolute atomic E-state index is 13.2. The highest BCUT2D eigenvalue weighted by molar-refractivity contribution is 5.85. The van der Waals surface area contributed by atoms with Crippen LogP contribution < -0.4 is 4.74 Å². The Morgan fingerprint density at radius 1 is 1.00 bits per heavy atom. The second kappa shape index (κ2) is 9.73. The minimum atomic E-state index is -0.810. The topological polar surface area (TPSA) is 76.1 Å². The summed E-state index contributed by atoms with van der Waals surface area (Å²) in [6.07, 6.45) is 3.50. The molecule has 0 bridgehead atoms. The maximum atomic E-state index is 13.2. The van der Waals surface area contributed by atoms with E-state index >= 15 is 0 Å². The second-order valence-corrected chi connectivity index (χ2v) is 11.6. The van der Waals surface area contributed by atoms with Crippen molar-refractivity contribution in [2.45, 2.75) is 57.2 Å². The number of carbonyl (C=O) groups is 2. The number of fused-ring (bicyclic) bond motifs is 4. The number of carboxylic acid groups (broad SMARTS) is 1. The first-order valence-electron chi connectivity index (χ1n) is 13.7. The molecule has 3 aliphatic rings. The lowest BCUT2D eigenvalue weighted by molar-refractivity contribution is -0.183. The summed E-state index contributed by atoms with van der Waals surface area (Å²) in [6, 6.07) is 22.5. The summed E-state index contributed by atoms with van der Waals surface area (Å²) in [5, 5.41) is 11.7. The minimum absolute atomic E-state index is 0.0268. The summed E-state index contributed by atoms with van der Waals surface area (Å²) in [5.41, 5.74) is 1.46. The molecule has 3 heterocycles. The number of carboxylic acids is 1. The Balaban J connectivity index is 1.15. The molecule has 6 nitrogen and oxygen atoms in total. The number of nitrogens with zero attached hydrogens (tertiary/aromatic N) is 1.